The van der Waals surface area contributed by atoms with Crippen molar-refractivity contribution in [2.24, 2.45) is 0 Å². The van der Waals surface area contributed by atoms with Crippen LogP contribution < -0.4 is 5.73 Å². The first kappa shape index (κ1) is 13.3. The maximum Gasteiger partial charge on any atom is 0.263 e. The van der Waals surface area contributed by atoms with Crippen molar-refractivity contribution in [2.45, 2.75) is 13.8 Å². The van der Waals surface area contributed by atoms with Gasteiger partial charge in [-0.2, -0.15) is 9.36 Å². The van der Waals surface area contributed by atoms with Crippen molar-refractivity contribution in [3.63, 3.8) is 0 Å². The molecule has 102 valence electrons. The minimum absolute atomic E-state index is 0.403. The van der Waals surface area contributed by atoms with Gasteiger partial charge in [0.25, 0.3) is 5.89 Å². The standard InChI is InChI=1S/C13H11BrN4OS/c1-6-3-4-8(5-9(6)14)12-16-13(19-17-12)10-7(2)18-20-11(10)15/h3-5H,15H2,1-2H3. The minimum Gasteiger partial charge on any atom is -0.389 e. The molecule has 5 nitrogen and oxygen atoms in total. The van der Waals surface area contributed by atoms with E-state index in [9.17, 15) is 0 Å². The van der Waals surface area contributed by atoms with Gasteiger partial charge in [0.05, 0.1) is 11.3 Å². The summed E-state index contributed by atoms with van der Waals surface area (Å²) in [6.07, 6.45) is 0. The van der Waals surface area contributed by atoms with E-state index in [4.69, 9.17) is 10.3 Å². The van der Waals surface area contributed by atoms with Crippen LogP contribution in [0.2, 0.25) is 0 Å². The third kappa shape index (κ3) is 2.23. The number of benzene rings is 1. The maximum atomic E-state index is 5.89. The van der Waals surface area contributed by atoms with Crippen LogP contribution in [0.5, 0.6) is 0 Å². The number of nitrogens with two attached hydrogens (primary N) is 1. The molecule has 0 aliphatic heterocycles. The van der Waals surface area contributed by atoms with Gasteiger partial charge in [-0.1, -0.05) is 33.2 Å². The second kappa shape index (κ2) is 4.99. The zero-order valence-electron chi connectivity index (χ0n) is 10.8. The van der Waals surface area contributed by atoms with Crippen LogP contribution in [0.3, 0.4) is 0 Å². The molecule has 0 spiro atoms. The molecule has 0 saturated heterocycles. The molecule has 7 heteroatoms. The van der Waals surface area contributed by atoms with Gasteiger partial charge in [0.15, 0.2) is 0 Å². The highest BCUT2D eigenvalue weighted by Gasteiger charge is 2.18. The zero-order chi connectivity index (χ0) is 14.3. The van der Waals surface area contributed by atoms with Gasteiger partial charge >= 0.3 is 0 Å². The molecule has 1 aromatic carbocycles. The average molecular weight is 351 g/mol. The Balaban J connectivity index is 2.04. The lowest BCUT2D eigenvalue weighted by Crippen LogP contribution is -1.87. The van der Waals surface area contributed by atoms with Crippen LogP contribution in [-0.4, -0.2) is 14.5 Å². The van der Waals surface area contributed by atoms with Gasteiger partial charge in [-0.25, -0.2) is 0 Å². The summed E-state index contributed by atoms with van der Waals surface area (Å²) in [5.41, 5.74) is 9.45. The summed E-state index contributed by atoms with van der Waals surface area (Å²) in [7, 11) is 0. The van der Waals surface area contributed by atoms with Gasteiger partial charge in [0.1, 0.15) is 5.00 Å². The number of hydrogen-bond donors (Lipinski definition) is 1. The number of halogens is 1. The molecule has 0 bridgehead atoms. The summed E-state index contributed by atoms with van der Waals surface area (Å²) in [5, 5.41) is 4.60. The molecular formula is C13H11BrN4OS. The smallest absolute Gasteiger partial charge is 0.263 e. The Labute approximate surface area is 128 Å². The Morgan fingerprint density at radius 2 is 2.10 bits per heavy atom. The molecule has 0 amide bonds. The number of rotatable bonds is 2. The van der Waals surface area contributed by atoms with Crippen molar-refractivity contribution >= 4 is 32.5 Å². The monoisotopic (exact) mass is 350 g/mol. The van der Waals surface area contributed by atoms with E-state index in [2.05, 4.69) is 30.4 Å². The molecule has 0 aliphatic carbocycles. The van der Waals surface area contributed by atoms with Crippen molar-refractivity contribution in [2.75, 3.05) is 5.73 Å². The molecule has 20 heavy (non-hydrogen) atoms. The summed E-state index contributed by atoms with van der Waals surface area (Å²) in [6.45, 7) is 3.89. The Morgan fingerprint density at radius 3 is 2.75 bits per heavy atom. The zero-order valence-corrected chi connectivity index (χ0v) is 13.2. The first-order valence-electron chi connectivity index (χ1n) is 5.88. The highest BCUT2D eigenvalue weighted by molar-refractivity contribution is 9.10. The Morgan fingerprint density at radius 1 is 1.30 bits per heavy atom. The van der Waals surface area contributed by atoms with Crippen LogP contribution in [0.1, 0.15) is 11.3 Å². The van der Waals surface area contributed by atoms with Crippen molar-refractivity contribution in [3.05, 3.63) is 33.9 Å². The van der Waals surface area contributed by atoms with Gasteiger partial charge in [0.2, 0.25) is 5.82 Å². The predicted molar refractivity (Wildman–Crippen MR) is 82.4 cm³/mol. The van der Waals surface area contributed by atoms with E-state index in [0.29, 0.717) is 16.7 Å². The fourth-order valence-corrected chi connectivity index (χ4v) is 2.85. The molecule has 0 unspecified atom stereocenters. The fraction of sp³-hybridized carbons (Fsp3) is 0.154. The van der Waals surface area contributed by atoms with E-state index in [0.717, 1.165) is 26.9 Å². The molecule has 3 aromatic rings. The van der Waals surface area contributed by atoms with Crippen LogP contribution in [0.15, 0.2) is 27.2 Å². The fourth-order valence-electron chi connectivity index (χ4n) is 1.82. The van der Waals surface area contributed by atoms with Gasteiger partial charge in [-0.3, -0.25) is 0 Å². The van der Waals surface area contributed by atoms with E-state index in [1.54, 1.807) is 0 Å². The maximum absolute atomic E-state index is 5.89. The first-order valence-corrected chi connectivity index (χ1v) is 7.45. The summed E-state index contributed by atoms with van der Waals surface area (Å²) in [4.78, 5) is 4.40. The molecule has 3 rings (SSSR count). The number of aromatic nitrogens is 3. The average Bonchev–Trinajstić information content (AvgIpc) is 3.00. The van der Waals surface area contributed by atoms with Gasteiger partial charge in [-0.15, -0.1) is 0 Å². The van der Waals surface area contributed by atoms with Gasteiger partial charge < -0.3 is 10.3 Å². The van der Waals surface area contributed by atoms with E-state index in [1.807, 2.05) is 32.0 Å². The lowest BCUT2D eigenvalue weighted by atomic mass is 10.1. The quantitative estimate of drug-likeness (QED) is 0.759. The number of anilines is 1. The second-order valence-corrected chi connectivity index (χ2v) is 6.05. The Hall–Kier alpha value is -1.73. The normalized spacial score (nSPS) is 10.9. The highest BCUT2D eigenvalue weighted by Crippen LogP contribution is 2.32. The summed E-state index contributed by atoms with van der Waals surface area (Å²) >= 11 is 4.73. The third-order valence-electron chi connectivity index (χ3n) is 2.96. The summed E-state index contributed by atoms with van der Waals surface area (Å²) < 4.78 is 10.5. The minimum atomic E-state index is 0.403. The lowest BCUT2D eigenvalue weighted by molar-refractivity contribution is 0.432. The van der Waals surface area contributed by atoms with Crippen LogP contribution in [0.25, 0.3) is 22.8 Å². The third-order valence-corrected chi connectivity index (χ3v) is 4.58. The molecule has 0 atom stereocenters. The van der Waals surface area contributed by atoms with Crippen molar-refractivity contribution in [1.82, 2.24) is 14.5 Å². The SMILES string of the molecule is Cc1ccc(-c2noc(-c3c(C)nsc3N)n2)cc1Br. The largest absolute Gasteiger partial charge is 0.389 e. The summed E-state index contributed by atoms with van der Waals surface area (Å²) in [5.74, 6) is 0.936. The number of nitrogens with zero attached hydrogens (tertiary/aromatic N) is 3. The summed E-state index contributed by atoms with van der Waals surface area (Å²) in [6, 6.07) is 5.92. The molecule has 0 fully saturated rings. The number of nitrogen functional groups attached to an aromatic ring is 1. The van der Waals surface area contributed by atoms with E-state index >= 15 is 0 Å². The predicted octanol–water partition coefficient (Wildman–Crippen LogP) is 3.82. The van der Waals surface area contributed by atoms with Crippen molar-refractivity contribution in [1.29, 1.82) is 0 Å². The van der Waals surface area contributed by atoms with Crippen LogP contribution in [0, 0.1) is 13.8 Å². The molecule has 0 aliphatic rings. The van der Waals surface area contributed by atoms with E-state index < -0.39 is 0 Å². The molecule has 2 N–H and O–H groups in total. The molecule has 0 radical (unpaired) electrons. The molecule has 2 aromatic heterocycles. The number of aryl methyl sites for hydroxylation is 2. The van der Waals surface area contributed by atoms with Gasteiger partial charge in [0, 0.05) is 10.0 Å². The Kier molecular flexibility index (Phi) is 3.31. The molecular weight excluding hydrogens is 340 g/mol. The van der Waals surface area contributed by atoms with Crippen LogP contribution in [0.4, 0.5) is 5.00 Å². The molecule has 2 heterocycles. The first-order chi connectivity index (χ1) is 9.56. The van der Waals surface area contributed by atoms with Gasteiger partial charge in [-0.05, 0) is 37.0 Å². The molecule has 0 saturated carbocycles. The lowest BCUT2D eigenvalue weighted by Gasteiger charge is -1.99. The van der Waals surface area contributed by atoms with Crippen LogP contribution >= 0.6 is 27.5 Å². The Bertz CT molecular complexity index is 761. The highest BCUT2D eigenvalue weighted by atomic mass is 79.9. The number of hydrogen-bond acceptors (Lipinski definition) is 6. The van der Waals surface area contributed by atoms with Crippen molar-refractivity contribution < 1.29 is 4.52 Å². The van der Waals surface area contributed by atoms with E-state index in [1.165, 1.54) is 11.5 Å². The topological polar surface area (TPSA) is 77.8 Å². The van der Waals surface area contributed by atoms with Crippen molar-refractivity contribution in [3.8, 4) is 22.8 Å². The van der Waals surface area contributed by atoms with Crippen LogP contribution in [-0.2, 0) is 0 Å². The second-order valence-electron chi connectivity index (χ2n) is 4.39. The van der Waals surface area contributed by atoms with E-state index in [-0.39, 0.29) is 0 Å².